The molecule has 2 aromatic rings. The Bertz CT molecular complexity index is 642. The van der Waals surface area contributed by atoms with Gasteiger partial charge in [0.25, 0.3) is 0 Å². The van der Waals surface area contributed by atoms with Crippen molar-refractivity contribution in [2.45, 2.75) is 19.4 Å². The van der Waals surface area contributed by atoms with Gasteiger partial charge in [-0.3, -0.25) is 4.90 Å². The highest BCUT2D eigenvalue weighted by molar-refractivity contribution is 5.73. The molecule has 3 heterocycles. The second-order valence-electron chi connectivity index (χ2n) is 6.30. The highest BCUT2D eigenvalue weighted by Gasteiger charge is 2.10. The van der Waals surface area contributed by atoms with Crippen molar-refractivity contribution in [3.8, 4) is 0 Å². The minimum Gasteiger partial charge on any atom is -0.393 e. The van der Waals surface area contributed by atoms with Gasteiger partial charge in [-0.2, -0.15) is 0 Å². The summed E-state index contributed by atoms with van der Waals surface area (Å²) in [5.41, 5.74) is 6.76. The van der Waals surface area contributed by atoms with Gasteiger partial charge in [0.15, 0.2) is 11.6 Å². The summed E-state index contributed by atoms with van der Waals surface area (Å²) in [6.07, 6.45) is 9.10. The molecule has 0 spiro atoms. The van der Waals surface area contributed by atoms with E-state index in [2.05, 4.69) is 30.5 Å². The highest BCUT2D eigenvalue weighted by atomic mass is 16.5. The maximum absolute atomic E-state index is 6.19. The fourth-order valence-electron chi connectivity index (χ4n) is 2.90. The maximum atomic E-state index is 6.19. The summed E-state index contributed by atoms with van der Waals surface area (Å²) >= 11 is 0. The molecule has 142 valence electrons. The molecule has 0 saturated carbocycles. The highest BCUT2D eigenvalue weighted by Crippen LogP contribution is 2.22. The molecule has 3 rings (SSSR count). The average Bonchev–Trinajstić information content (AvgIpc) is 3.19. The van der Waals surface area contributed by atoms with Crippen LogP contribution < -0.4 is 16.4 Å². The zero-order valence-electron chi connectivity index (χ0n) is 15.1. The predicted octanol–water partition coefficient (Wildman–Crippen LogP) is 0.892. The predicted molar refractivity (Wildman–Crippen MR) is 102 cm³/mol. The Kier molecular flexibility index (Phi) is 7.03. The number of nitrogen functional groups attached to an aromatic ring is 1. The zero-order valence-corrected chi connectivity index (χ0v) is 15.1. The molecular weight excluding hydrogens is 332 g/mol. The summed E-state index contributed by atoms with van der Waals surface area (Å²) < 4.78 is 7.41. The van der Waals surface area contributed by atoms with Gasteiger partial charge in [-0.05, 0) is 19.4 Å². The molecule has 0 unspecified atom stereocenters. The van der Waals surface area contributed by atoms with Gasteiger partial charge in [0.1, 0.15) is 12.0 Å². The van der Waals surface area contributed by atoms with Crippen LogP contribution in [0.1, 0.15) is 12.8 Å². The molecule has 0 aromatic carbocycles. The molecule has 1 aliphatic rings. The van der Waals surface area contributed by atoms with Crippen LogP contribution in [0, 0.1) is 0 Å². The summed E-state index contributed by atoms with van der Waals surface area (Å²) in [6, 6.07) is 0. The van der Waals surface area contributed by atoms with E-state index in [1.807, 2.05) is 17.1 Å². The topological polar surface area (TPSA) is 106 Å². The van der Waals surface area contributed by atoms with Crippen LogP contribution in [-0.4, -0.2) is 70.4 Å². The van der Waals surface area contributed by atoms with Gasteiger partial charge < -0.3 is 25.7 Å². The standard InChI is InChI=1S/C17H28N8O/c18-15-16(20-3-1-6-24-9-11-26-12-10-24)22-13-23-17(15)21-4-2-7-25-8-5-19-14-25/h5,8,13-14H,1-4,6-7,9-12,18H2,(H2,20,21,22,23). The first-order chi connectivity index (χ1) is 12.8. The largest absolute Gasteiger partial charge is 0.393 e. The van der Waals surface area contributed by atoms with E-state index in [4.69, 9.17) is 10.5 Å². The summed E-state index contributed by atoms with van der Waals surface area (Å²) in [5, 5.41) is 6.61. The maximum Gasteiger partial charge on any atom is 0.154 e. The second-order valence-corrected chi connectivity index (χ2v) is 6.30. The lowest BCUT2D eigenvalue weighted by atomic mass is 10.3. The Hall–Kier alpha value is -2.39. The molecule has 0 aliphatic carbocycles. The Morgan fingerprint density at radius 3 is 2.38 bits per heavy atom. The summed E-state index contributed by atoms with van der Waals surface area (Å²) in [7, 11) is 0. The number of imidazole rings is 1. The van der Waals surface area contributed by atoms with Crippen molar-refractivity contribution in [2.75, 3.05) is 62.3 Å². The first kappa shape index (κ1) is 18.4. The third-order valence-corrected chi connectivity index (χ3v) is 4.38. The Morgan fingerprint density at radius 1 is 1.04 bits per heavy atom. The van der Waals surface area contributed by atoms with Crippen molar-refractivity contribution >= 4 is 17.3 Å². The third kappa shape index (κ3) is 5.57. The van der Waals surface area contributed by atoms with Crippen LogP contribution in [0.25, 0.3) is 0 Å². The minimum absolute atomic E-state index is 0.571. The SMILES string of the molecule is Nc1c(NCCCN2CCOCC2)ncnc1NCCCn1ccnc1. The molecule has 1 aliphatic heterocycles. The van der Waals surface area contributed by atoms with E-state index in [9.17, 15) is 0 Å². The second kappa shape index (κ2) is 9.93. The van der Waals surface area contributed by atoms with Gasteiger partial charge in [-0.15, -0.1) is 0 Å². The van der Waals surface area contributed by atoms with Crippen molar-refractivity contribution in [3.05, 3.63) is 25.0 Å². The molecule has 0 bridgehead atoms. The monoisotopic (exact) mass is 360 g/mol. The molecule has 4 N–H and O–H groups in total. The smallest absolute Gasteiger partial charge is 0.154 e. The van der Waals surface area contributed by atoms with Crippen LogP contribution in [-0.2, 0) is 11.3 Å². The minimum atomic E-state index is 0.571. The van der Waals surface area contributed by atoms with E-state index in [0.29, 0.717) is 17.3 Å². The van der Waals surface area contributed by atoms with E-state index in [1.165, 1.54) is 0 Å². The number of aryl methyl sites for hydroxylation is 1. The number of rotatable bonds is 10. The van der Waals surface area contributed by atoms with Gasteiger partial charge in [0.05, 0.1) is 19.5 Å². The number of nitrogens with one attached hydrogen (secondary N) is 2. The van der Waals surface area contributed by atoms with Crippen molar-refractivity contribution in [1.82, 2.24) is 24.4 Å². The molecule has 0 amide bonds. The Balaban J connectivity index is 1.38. The summed E-state index contributed by atoms with van der Waals surface area (Å²) in [6.45, 7) is 7.29. The number of nitrogens with two attached hydrogens (primary N) is 1. The lowest BCUT2D eigenvalue weighted by molar-refractivity contribution is 0.0378. The van der Waals surface area contributed by atoms with Crippen LogP contribution >= 0.6 is 0 Å². The van der Waals surface area contributed by atoms with Crippen LogP contribution in [0.5, 0.6) is 0 Å². The first-order valence-electron chi connectivity index (χ1n) is 9.17. The molecule has 9 heteroatoms. The molecule has 9 nitrogen and oxygen atoms in total. The van der Waals surface area contributed by atoms with Crippen LogP contribution in [0.2, 0.25) is 0 Å². The molecular formula is C17H28N8O. The van der Waals surface area contributed by atoms with Gasteiger partial charge >= 0.3 is 0 Å². The van der Waals surface area contributed by atoms with Crippen molar-refractivity contribution in [1.29, 1.82) is 0 Å². The van der Waals surface area contributed by atoms with Gasteiger partial charge in [-0.1, -0.05) is 0 Å². The first-order valence-corrected chi connectivity index (χ1v) is 9.17. The number of ether oxygens (including phenoxy) is 1. The quantitative estimate of drug-likeness (QED) is 0.537. The van der Waals surface area contributed by atoms with Gasteiger partial charge in [0.2, 0.25) is 0 Å². The normalized spacial score (nSPS) is 15.1. The van der Waals surface area contributed by atoms with E-state index >= 15 is 0 Å². The molecule has 0 atom stereocenters. The van der Waals surface area contributed by atoms with E-state index < -0.39 is 0 Å². The summed E-state index contributed by atoms with van der Waals surface area (Å²) in [4.78, 5) is 15.0. The number of anilines is 3. The molecule has 0 radical (unpaired) electrons. The average molecular weight is 360 g/mol. The van der Waals surface area contributed by atoms with E-state index in [1.54, 1.807) is 12.5 Å². The fraction of sp³-hybridized carbons (Fsp3) is 0.588. The van der Waals surface area contributed by atoms with Crippen LogP contribution in [0.15, 0.2) is 25.0 Å². The Morgan fingerprint density at radius 2 is 1.73 bits per heavy atom. The molecule has 26 heavy (non-hydrogen) atoms. The zero-order chi connectivity index (χ0) is 18.0. The van der Waals surface area contributed by atoms with Crippen molar-refractivity contribution in [3.63, 3.8) is 0 Å². The third-order valence-electron chi connectivity index (χ3n) is 4.38. The van der Waals surface area contributed by atoms with Crippen molar-refractivity contribution < 1.29 is 4.74 Å². The van der Waals surface area contributed by atoms with Crippen LogP contribution in [0.3, 0.4) is 0 Å². The van der Waals surface area contributed by atoms with Gasteiger partial charge in [-0.25, -0.2) is 15.0 Å². The van der Waals surface area contributed by atoms with Crippen LogP contribution in [0.4, 0.5) is 17.3 Å². The Labute approximate surface area is 154 Å². The molecule has 1 fully saturated rings. The number of nitrogens with zero attached hydrogens (tertiary/aromatic N) is 5. The number of aromatic nitrogens is 4. The van der Waals surface area contributed by atoms with E-state index in [-0.39, 0.29) is 0 Å². The number of hydrogen-bond donors (Lipinski definition) is 3. The van der Waals surface area contributed by atoms with E-state index in [0.717, 1.165) is 65.3 Å². The molecule has 2 aromatic heterocycles. The fourth-order valence-corrected chi connectivity index (χ4v) is 2.90. The number of hydrogen-bond acceptors (Lipinski definition) is 8. The van der Waals surface area contributed by atoms with Gasteiger partial charge in [0, 0.05) is 45.1 Å². The number of morpholine rings is 1. The summed E-state index contributed by atoms with van der Waals surface area (Å²) in [5.74, 6) is 1.38. The lowest BCUT2D eigenvalue weighted by Crippen LogP contribution is -2.37. The molecule has 1 saturated heterocycles. The lowest BCUT2D eigenvalue weighted by Gasteiger charge is -2.26. The van der Waals surface area contributed by atoms with Crippen molar-refractivity contribution in [2.24, 2.45) is 0 Å².